The summed E-state index contributed by atoms with van der Waals surface area (Å²) in [6.45, 7) is 0.106. The van der Waals surface area contributed by atoms with Gasteiger partial charge in [-0.1, -0.05) is 24.3 Å². The molecule has 1 saturated carbocycles. The van der Waals surface area contributed by atoms with Crippen LogP contribution in [0.15, 0.2) is 65.6 Å². The number of nitrogens with zero attached hydrogens (tertiary/aromatic N) is 1. The van der Waals surface area contributed by atoms with Crippen LogP contribution in [0.1, 0.15) is 29.5 Å². The molecule has 1 aliphatic carbocycles. The highest BCUT2D eigenvalue weighted by Crippen LogP contribution is 2.51. The molecular formula is C27H24F3NO5S. The topological polar surface area (TPSA) is 72.9 Å². The highest BCUT2D eigenvalue weighted by Gasteiger charge is 2.51. The standard InChI is InChI=1S/C27H24F3NO5S/c1-31(2)37(33,34)22-6-3-18(4-7-22)19-11-17(12-21(14-19)27(28,29)30)13-25(32)26(9-10-26)20-5-8-23-24(15-20)36-16-35-23/h3-8,11-12,14-15H,9-10,13,16H2,1-2H3. The summed E-state index contributed by atoms with van der Waals surface area (Å²) in [7, 11) is -0.882. The van der Waals surface area contributed by atoms with Crippen molar-refractivity contribution in [3.63, 3.8) is 0 Å². The van der Waals surface area contributed by atoms with Gasteiger partial charge in [0, 0.05) is 20.5 Å². The van der Waals surface area contributed by atoms with Gasteiger partial charge in [0.25, 0.3) is 0 Å². The van der Waals surface area contributed by atoms with Gasteiger partial charge in [-0.05, 0) is 71.5 Å². The first-order valence-corrected chi connectivity index (χ1v) is 13.0. The first-order chi connectivity index (χ1) is 17.4. The van der Waals surface area contributed by atoms with Crippen molar-refractivity contribution in [1.29, 1.82) is 0 Å². The number of alkyl halides is 3. The molecule has 194 valence electrons. The lowest BCUT2D eigenvalue weighted by Gasteiger charge is -2.17. The van der Waals surface area contributed by atoms with Gasteiger partial charge in [0.2, 0.25) is 16.8 Å². The smallest absolute Gasteiger partial charge is 0.416 e. The lowest BCUT2D eigenvalue weighted by Crippen LogP contribution is -2.22. The molecule has 3 aromatic rings. The van der Waals surface area contributed by atoms with Crippen LogP contribution in [0.25, 0.3) is 11.1 Å². The number of fused-ring (bicyclic) bond motifs is 1. The minimum atomic E-state index is -4.61. The average molecular weight is 532 g/mol. The number of rotatable bonds is 7. The van der Waals surface area contributed by atoms with E-state index in [4.69, 9.17) is 9.47 Å². The van der Waals surface area contributed by atoms with Crippen molar-refractivity contribution >= 4 is 15.8 Å². The van der Waals surface area contributed by atoms with Crippen molar-refractivity contribution in [3.8, 4) is 22.6 Å². The summed E-state index contributed by atoms with van der Waals surface area (Å²) in [5, 5.41) is 0. The highest BCUT2D eigenvalue weighted by molar-refractivity contribution is 7.89. The van der Waals surface area contributed by atoms with E-state index in [0.29, 0.717) is 29.9 Å². The zero-order valence-corrected chi connectivity index (χ0v) is 20.9. The minimum Gasteiger partial charge on any atom is -0.454 e. The van der Waals surface area contributed by atoms with Crippen LogP contribution in [0.5, 0.6) is 11.5 Å². The van der Waals surface area contributed by atoms with Gasteiger partial charge in [0.05, 0.1) is 15.9 Å². The molecule has 0 unspecified atom stereocenters. The Bertz CT molecular complexity index is 1480. The maximum absolute atomic E-state index is 13.8. The molecule has 10 heteroatoms. The van der Waals surface area contributed by atoms with Crippen LogP contribution in [-0.2, 0) is 32.8 Å². The molecule has 0 atom stereocenters. The summed E-state index contributed by atoms with van der Waals surface area (Å²) in [6.07, 6.45) is -3.56. The number of hydrogen-bond donors (Lipinski definition) is 0. The number of benzene rings is 3. The number of sulfonamides is 1. The van der Waals surface area contributed by atoms with Crippen molar-refractivity contribution < 1.29 is 35.9 Å². The van der Waals surface area contributed by atoms with Crippen molar-refractivity contribution in [1.82, 2.24) is 4.31 Å². The lowest BCUT2D eigenvalue weighted by molar-refractivity contribution is -0.137. The van der Waals surface area contributed by atoms with E-state index in [1.54, 1.807) is 24.3 Å². The molecule has 2 aliphatic rings. The quantitative estimate of drug-likeness (QED) is 0.419. The van der Waals surface area contributed by atoms with Crippen LogP contribution in [0.2, 0.25) is 0 Å². The van der Waals surface area contributed by atoms with E-state index in [1.807, 2.05) is 0 Å². The zero-order valence-electron chi connectivity index (χ0n) is 20.1. The normalized spacial score (nSPS) is 16.2. The van der Waals surface area contributed by atoms with Crippen molar-refractivity contribution in [3.05, 3.63) is 77.4 Å². The molecular weight excluding hydrogens is 507 g/mol. The third-order valence-corrected chi connectivity index (χ3v) is 8.69. The molecule has 0 saturated heterocycles. The van der Waals surface area contributed by atoms with Gasteiger partial charge in [0.1, 0.15) is 5.78 Å². The predicted molar refractivity (Wildman–Crippen MR) is 130 cm³/mol. The summed E-state index contributed by atoms with van der Waals surface area (Å²) in [5.41, 5.74) is 0.0512. The van der Waals surface area contributed by atoms with Gasteiger partial charge in [-0.3, -0.25) is 4.79 Å². The predicted octanol–water partition coefficient (Wildman–Crippen LogP) is 5.19. The Kier molecular flexibility index (Phi) is 6.07. The molecule has 0 amide bonds. The molecule has 0 aromatic heterocycles. The van der Waals surface area contributed by atoms with Gasteiger partial charge in [-0.2, -0.15) is 13.2 Å². The van der Waals surface area contributed by atoms with Crippen LogP contribution in [0.4, 0.5) is 13.2 Å². The molecule has 0 N–H and O–H groups in total. The molecule has 37 heavy (non-hydrogen) atoms. The minimum absolute atomic E-state index is 0.0306. The van der Waals surface area contributed by atoms with Gasteiger partial charge in [0.15, 0.2) is 11.5 Å². The third-order valence-electron chi connectivity index (χ3n) is 6.86. The van der Waals surface area contributed by atoms with Gasteiger partial charge in [-0.15, -0.1) is 0 Å². The molecule has 1 fully saturated rings. The fourth-order valence-electron chi connectivity index (χ4n) is 4.56. The summed E-state index contributed by atoms with van der Waals surface area (Å²) in [5.74, 6) is 0.987. The maximum atomic E-state index is 13.8. The molecule has 1 aliphatic heterocycles. The van der Waals surface area contributed by atoms with E-state index in [-0.39, 0.29) is 35.0 Å². The van der Waals surface area contributed by atoms with Crippen LogP contribution in [-0.4, -0.2) is 39.4 Å². The zero-order chi connectivity index (χ0) is 26.6. The van der Waals surface area contributed by atoms with Crippen LogP contribution in [0.3, 0.4) is 0 Å². The summed E-state index contributed by atoms with van der Waals surface area (Å²) >= 11 is 0. The molecule has 1 heterocycles. The Morgan fingerprint density at radius 1 is 0.919 bits per heavy atom. The van der Waals surface area contributed by atoms with Crippen LogP contribution >= 0.6 is 0 Å². The molecule has 0 bridgehead atoms. The van der Waals surface area contributed by atoms with Crippen molar-refractivity contribution in [2.75, 3.05) is 20.9 Å². The summed E-state index contributed by atoms with van der Waals surface area (Å²) < 4.78 is 77.8. The SMILES string of the molecule is CN(C)S(=O)(=O)c1ccc(-c2cc(CC(=O)C3(c4ccc5c(c4)OCO5)CC3)cc(C(F)(F)F)c2)cc1. The second-order valence-corrected chi connectivity index (χ2v) is 11.6. The van der Waals surface area contributed by atoms with Gasteiger partial charge >= 0.3 is 6.18 Å². The van der Waals surface area contributed by atoms with E-state index < -0.39 is 27.2 Å². The molecule has 5 rings (SSSR count). The number of ether oxygens (including phenoxy) is 2. The van der Waals surface area contributed by atoms with E-state index in [2.05, 4.69) is 0 Å². The second-order valence-electron chi connectivity index (χ2n) is 9.48. The monoisotopic (exact) mass is 531 g/mol. The number of hydrogen-bond acceptors (Lipinski definition) is 5. The second kappa shape index (κ2) is 8.88. The molecule has 0 spiro atoms. The largest absolute Gasteiger partial charge is 0.454 e. The Morgan fingerprint density at radius 3 is 2.22 bits per heavy atom. The Balaban J connectivity index is 1.46. The van der Waals surface area contributed by atoms with Gasteiger partial charge in [-0.25, -0.2) is 12.7 Å². The van der Waals surface area contributed by atoms with Crippen molar-refractivity contribution in [2.45, 2.75) is 35.7 Å². The third kappa shape index (κ3) is 4.71. The Morgan fingerprint density at radius 2 is 1.59 bits per heavy atom. The first-order valence-electron chi connectivity index (χ1n) is 11.6. The van der Waals surface area contributed by atoms with Crippen LogP contribution in [0, 0.1) is 0 Å². The Labute approximate surface area is 212 Å². The Hall–Kier alpha value is -3.37. The fraction of sp³-hybridized carbons (Fsp3) is 0.296. The number of carbonyl (C=O) groups is 1. The number of halogens is 3. The fourth-order valence-corrected chi connectivity index (χ4v) is 5.46. The van der Waals surface area contributed by atoms with E-state index in [1.165, 1.54) is 38.4 Å². The number of ketones is 1. The maximum Gasteiger partial charge on any atom is 0.416 e. The molecule has 3 aromatic carbocycles. The highest BCUT2D eigenvalue weighted by atomic mass is 32.2. The van der Waals surface area contributed by atoms with Crippen molar-refractivity contribution in [2.24, 2.45) is 0 Å². The first kappa shape index (κ1) is 25.3. The van der Waals surface area contributed by atoms with E-state index in [9.17, 15) is 26.4 Å². The number of Topliss-reactive ketones (excluding diaryl/α,β-unsaturated/α-hetero) is 1. The lowest BCUT2D eigenvalue weighted by atomic mass is 9.87. The summed E-state index contributed by atoms with van der Waals surface area (Å²) in [6, 6.07) is 14.5. The molecule has 6 nitrogen and oxygen atoms in total. The van der Waals surface area contributed by atoms with E-state index >= 15 is 0 Å². The number of carbonyl (C=O) groups excluding carboxylic acids is 1. The average Bonchev–Trinajstić information content (AvgIpc) is 3.54. The summed E-state index contributed by atoms with van der Waals surface area (Å²) in [4.78, 5) is 13.4. The van der Waals surface area contributed by atoms with Crippen LogP contribution < -0.4 is 9.47 Å². The van der Waals surface area contributed by atoms with E-state index in [0.717, 1.165) is 22.0 Å². The van der Waals surface area contributed by atoms with Gasteiger partial charge < -0.3 is 9.47 Å². The molecule has 0 radical (unpaired) electrons.